The van der Waals surface area contributed by atoms with Gasteiger partial charge in [0.2, 0.25) is 0 Å². The van der Waals surface area contributed by atoms with Crippen molar-refractivity contribution in [2.75, 3.05) is 27.4 Å². The van der Waals surface area contributed by atoms with E-state index >= 15 is 0 Å². The van der Waals surface area contributed by atoms with E-state index in [9.17, 15) is 4.79 Å². The van der Waals surface area contributed by atoms with Crippen LogP contribution >= 0.6 is 0 Å². The van der Waals surface area contributed by atoms with E-state index in [1.165, 1.54) is 7.11 Å². The third-order valence-corrected chi connectivity index (χ3v) is 3.84. The van der Waals surface area contributed by atoms with E-state index in [0.717, 1.165) is 12.8 Å². The molecule has 1 aromatic rings. The minimum atomic E-state index is -0.773. The highest BCUT2D eigenvalue weighted by Gasteiger charge is 2.52. The van der Waals surface area contributed by atoms with Crippen LogP contribution in [0.4, 0.5) is 0 Å². The number of likely N-dealkylation sites (N-methyl/N-ethyl adjacent to an activating group) is 1. The molecule has 1 N–H and O–H groups in total. The van der Waals surface area contributed by atoms with Crippen LogP contribution in [-0.4, -0.2) is 38.9 Å². The van der Waals surface area contributed by atoms with Crippen LogP contribution in [0.2, 0.25) is 0 Å². The molecule has 1 saturated carbocycles. The van der Waals surface area contributed by atoms with Crippen LogP contribution in [0.1, 0.15) is 19.8 Å². The van der Waals surface area contributed by atoms with Crippen molar-refractivity contribution in [3.8, 4) is 11.5 Å². The van der Waals surface area contributed by atoms with Gasteiger partial charge in [-0.2, -0.15) is 0 Å². The lowest BCUT2D eigenvalue weighted by Gasteiger charge is -2.31. The number of carbonyl (C=O) groups excluding carboxylic acids is 1. The predicted octanol–water partition coefficient (Wildman–Crippen LogP) is 2.01. The number of hydrogen-bond acceptors (Lipinski definition) is 5. The summed E-state index contributed by atoms with van der Waals surface area (Å²) in [6.07, 6.45) is 2.02. The molecule has 116 valence electrons. The molecule has 1 fully saturated rings. The Morgan fingerprint density at radius 2 is 1.95 bits per heavy atom. The summed E-state index contributed by atoms with van der Waals surface area (Å²) in [5, 5.41) is 3.28. The first-order valence-electron chi connectivity index (χ1n) is 7.27. The maximum absolute atomic E-state index is 12.3. The molecule has 0 bridgehead atoms. The Morgan fingerprint density at radius 1 is 1.29 bits per heavy atom. The van der Waals surface area contributed by atoms with Gasteiger partial charge in [0, 0.05) is 0 Å². The average Bonchev–Trinajstić information content (AvgIpc) is 3.36. The van der Waals surface area contributed by atoms with Gasteiger partial charge in [0.25, 0.3) is 0 Å². The zero-order valence-corrected chi connectivity index (χ0v) is 12.8. The lowest BCUT2D eigenvalue weighted by atomic mass is 9.94. The van der Waals surface area contributed by atoms with Gasteiger partial charge >= 0.3 is 5.97 Å². The molecule has 0 amide bonds. The van der Waals surface area contributed by atoms with Gasteiger partial charge in [0.15, 0.2) is 17.0 Å². The molecule has 21 heavy (non-hydrogen) atoms. The van der Waals surface area contributed by atoms with Crippen LogP contribution < -0.4 is 14.8 Å². The summed E-state index contributed by atoms with van der Waals surface area (Å²) in [5.74, 6) is 1.29. The molecule has 5 heteroatoms. The highest BCUT2D eigenvalue weighted by atomic mass is 16.5. The zero-order valence-electron chi connectivity index (χ0n) is 12.8. The summed E-state index contributed by atoms with van der Waals surface area (Å²) < 4.78 is 16.2. The molecule has 0 radical (unpaired) electrons. The first-order valence-corrected chi connectivity index (χ1v) is 7.27. The number of nitrogens with one attached hydrogen (secondary N) is 1. The van der Waals surface area contributed by atoms with Crippen LogP contribution in [0, 0.1) is 5.92 Å². The number of hydrogen-bond donors (Lipinski definition) is 1. The first-order chi connectivity index (χ1) is 10.2. The van der Waals surface area contributed by atoms with Crippen molar-refractivity contribution >= 4 is 5.97 Å². The number of esters is 1. The third kappa shape index (κ3) is 3.29. The Balaban J connectivity index is 2.17. The molecule has 0 aliphatic heterocycles. The Morgan fingerprint density at radius 3 is 2.48 bits per heavy atom. The topological polar surface area (TPSA) is 56.8 Å². The fourth-order valence-corrected chi connectivity index (χ4v) is 2.61. The van der Waals surface area contributed by atoms with Crippen molar-refractivity contribution in [3.05, 3.63) is 24.3 Å². The fourth-order valence-electron chi connectivity index (χ4n) is 2.61. The Bertz CT molecular complexity index is 487. The smallest absolute Gasteiger partial charge is 0.329 e. The molecule has 1 aromatic carbocycles. The summed E-state index contributed by atoms with van der Waals surface area (Å²) in [6.45, 7) is 2.89. The van der Waals surface area contributed by atoms with Gasteiger partial charge < -0.3 is 14.2 Å². The van der Waals surface area contributed by atoms with Gasteiger partial charge in [-0.05, 0) is 37.4 Å². The summed E-state index contributed by atoms with van der Waals surface area (Å²) >= 11 is 0. The minimum absolute atomic E-state index is 0.235. The summed E-state index contributed by atoms with van der Waals surface area (Å²) in [5.41, 5.74) is -0.773. The Hall–Kier alpha value is -1.75. The van der Waals surface area contributed by atoms with Gasteiger partial charge in [-0.3, -0.25) is 5.32 Å². The number of carbonyl (C=O) groups is 1. The number of benzene rings is 1. The predicted molar refractivity (Wildman–Crippen MR) is 79.6 cm³/mol. The molecular formula is C16H23NO4. The largest absolute Gasteiger partial charge is 0.493 e. The quantitative estimate of drug-likeness (QED) is 0.743. The van der Waals surface area contributed by atoms with E-state index in [1.54, 1.807) is 7.11 Å². The molecule has 2 rings (SSSR count). The second-order valence-corrected chi connectivity index (χ2v) is 5.21. The van der Waals surface area contributed by atoms with Crippen molar-refractivity contribution in [2.45, 2.75) is 25.3 Å². The average molecular weight is 293 g/mol. The van der Waals surface area contributed by atoms with Gasteiger partial charge in [-0.25, -0.2) is 4.79 Å². The summed E-state index contributed by atoms with van der Waals surface area (Å²) in [7, 11) is 3.01. The lowest BCUT2D eigenvalue weighted by molar-refractivity contribution is -0.151. The van der Waals surface area contributed by atoms with E-state index in [-0.39, 0.29) is 18.5 Å². The van der Waals surface area contributed by atoms with Gasteiger partial charge in [0.1, 0.15) is 6.61 Å². The Labute approximate surface area is 125 Å². The molecule has 1 atom stereocenters. The highest BCUT2D eigenvalue weighted by molar-refractivity contribution is 5.82. The van der Waals surface area contributed by atoms with Gasteiger partial charge in [0.05, 0.1) is 14.2 Å². The van der Waals surface area contributed by atoms with Crippen molar-refractivity contribution in [2.24, 2.45) is 5.92 Å². The fraction of sp³-hybridized carbons (Fsp3) is 0.562. The van der Waals surface area contributed by atoms with Gasteiger partial charge in [-0.1, -0.05) is 19.1 Å². The second-order valence-electron chi connectivity index (χ2n) is 5.21. The molecular weight excluding hydrogens is 270 g/mol. The molecule has 1 aliphatic rings. The maximum atomic E-state index is 12.3. The van der Waals surface area contributed by atoms with Crippen LogP contribution in [0.25, 0.3) is 0 Å². The molecule has 0 spiro atoms. The lowest BCUT2D eigenvalue weighted by Crippen LogP contribution is -2.58. The van der Waals surface area contributed by atoms with Crippen molar-refractivity contribution < 1.29 is 19.0 Å². The summed E-state index contributed by atoms with van der Waals surface area (Å²) in [6, 6.07) is 7.42. The number of ether oxygens (including phenoxy) is 3. The van der Waals surface area contributed by atoms with E-state index in [1.807, 2.05) is 31.2 Å². The molecule has 0 saturated heterocycles. The summed E-state index contributed by atoms with van der Waals surface area (Å²) in [4.78, 5) is 12.3. The van der Waals surface area contributed by atoms with E-state index in [0.29, 0.717) is 18.0 Å². The highest BCUT2D eigenvalue weighted by Crippen LogP contribution is 2.41. The zero-order chi connectivity index (χ0) is 15.3. The third-order valence-electron chi connectivity index (χ3n) is 3.84. The van der Waals surface area contributed by atoms with E-state index in [4.69, 9.17) is 14.2 Å². The molecule has 0 heterocycles. The number of rotatable bonds is 8. The van der Waals surface area contributed by atoms with Crippen LogP contribution in [0.5, 0.6) is 11.5 Å². The van der Waals surface area contributed by atoms with Crippen LogP contribution in [-0.2, 0) is 9.53 Å². The van der Waals surface area contributed by atoms with Crippen molar-refractivity contribution in [3.63, 3.8) is 0 Å². The second kappa shape index (κ2) is 6.80. The molecule has 1 aliphatic carbocycles. The van der Waals surface area contributed by atoms with E-state index < -0.39 is 5.54 Å². The maximum Gasteiger partial charge on any atom is 0.329 e. The van der Waals surface area contributed by atoms with Crippen LogP contribution in [0.15, 0.2) is 24.3 Å². The van der Waals surface area contributed by atoms with E-state index in [2.05, 4.69) is 5.32 Å². The van der Waals surface area contributed by atoms with Crippen molar-refractivity contribution in [1.29, 1.82) is 0 Å². The van der Waals surface area contributed by atoms with Crippen LogP contribution in [0.3, 0.4) is 0 Å². The SMILES string of the molecule is CCNC(COc1ccccc1OC)(C(=O)OC)C1CC1. The standard InChI is InChI=1S/C16H23NO4/c1-4-17-16(12-9-10-12,15(18)20-3)11-21-14-8-6-5-7-13(14)19-2/h5-8,12,17H,4,9-11H2,1-3H3. The number of methoxy groups -OCH3 is 2. The first kappa shape index (κ1) is 15.6. The monoisotopic (exact) mass is 293 g/mol. The molecule has 1 unspecified atom stereocenters. The minimum Gasteiger partial charge on any atom is -0.493 e. The van der Waals surface area contributed by atoms with Gasteiger partial charge in [-0.15, -0.1) is 0 Å². The molecule has 5 nitrogen and oxygen atoms in total. The Kier molecular flexibility index (Phi) is 5.07. The molecule has 0 aromatic heterocycles. The normalized spacial score (nSPS) is 16.9. The van der Waals surface area contributed by atoms with Crippen molar-refractivity contribution in [1.82, 2.24) is 5.32 Å². The number of para-hydroxylation sites is 2.